The molecule has 0 aromatic heterocycles. The zero-order valence-electron chi connectivity index (χ0n) is 10.6. The summed E-state index contributed by atoms with van der Waals surface area (Å²) in [6.45, 7) is 0. The highest BCUT2D eigenvalue weighted by molar-refractivity contribution is 5.79. The Kier molecular flexibility index (Phi) is 3.69. The largest absolute Gasteiger partial charge is 0.494 e. The molecule has 104 valence electrons. The van der Waals surface area contributed by atoms with Crippen LogP contribution in [-0.2, 0) is 0 Å². The topological polar surface area (TPSA) is 90.4 Å². The normalized spacial score (nSPS) is 10.1. The maximum absolute atomic E-state index is 13.1. The molecule has 0 heterocycles. The predicted octanol–water partition coefficient (Wildman–Crippen LogP) is 3.07. The smallest absolute Gasteiger partial charge is 0.315 e. The predicted molar refractivity (Wildman–Crippen MR) is 73.7 cm³/mol. The van der Waals surface area contributed by atoms with Crippen molar-refractivity contribution in [2.24, 2.45) is 0 Å². The van der Waals surface area contributed by atoms with Crippen molar-refractivity contribution in [1.29, 1.82) is 0 Å². The Balaban J connectivity index is 2.45. The summed E-state index contributed by atoms with van der Waals surface area (Å²) in [6.07, 6.45) is 0. The number of nitrogens with one attached hydrogen (secondary N) is 1. The number of hydrogen-bond acceptors (Lipinski definition) is 5. The zero-order chi connectivity index (χ0) is 14.7. The molecule has 0 aliphatic heterocycles. The van der Waals surface area contributed by atoms with Crippen LogP contribution < -0.4 is 15.8 Å². The maximum atomic E-state index is 13.1. The quantitative estimate of drug-likeness (QED) is 0.509. The number of hydrogen-bond donors (Lipinski definition) is 2. The fourth-order valence-corrected chi connectivity index (χ4v) is 1.78. The van der Waals surface area contributed by atoms with E-state index in [0.717, 1.165) is 0 Å². The summed E-state index contributed by atoms with van der Waals surface area (Å²) in [5.74, 6) is -0.226. The second-order valence-corrected chi connectivity index (χ2v) is 3.97. The van der Waals surface area contributed by atoms with E-state index >= 15 is 0 Å². The maximum Gasteiger partial charge on any atom is 0.315 e. The third kappa shape index (κ3) is 2.61. The van der Waals surface area contributed by atoms with Crippen molar-refractivity contribution in [1.82, 2.24) is 0 Å². The Bertz CT molecular complexity index is 661. The van der Waals surface area contributed by atoms with Crippen LogP contribution in [0.5, 0.6) is 5.75 Å². The minimum atomic E-state index is -0.576. The van der Waals surface area contributed by atoms with Gasteiger partial charge in [0.25, 0.3) is 0 Å². The van der Waals surface area contributed by atoms with Crippen LogP contribution >= 0.6 is 0 Å². The van der Waals surface area contributed by atoms with E-state index in [1.807, 2.05) is 0 Å². The molecule has 7 heteroatoms. The van der Waals surface area contributed by atoms with Gasteiger partial charge in [-0.25, -0.2) is 4.39 Å². The van der Waals surface area contributed by atoms with Crippen LogP contribution in [0.4, 0.5) is 27.1 Å². The van der Waals surface area contributed by atoms with Gasteiger partial charge < -0.3 is 15.8 Å². The Morgan fingerprint density at radius 1 is 1.30 bits per heavy atom. The van der Waals surface area contributed by atoms with Crippen LogP contribution in [0.3, 0.4) is 0 Å². The molecule has 2 aromatic rings. The molecular formula is C13H12FN3O3. The van der Waals surface area contributed by atoms with Crippen LogP contribution in [0.2, 0.25) is 0 Å². The Hall–Kier alpha value is -2.83. The highest BCUT2D eigenvalue weighted by atomic mass is 19.1. The van der Waals surface area contributed by atoms with Crippen LogP contribution in [-0.4, -0.2) is 12.0 Å². The second kappa shape index (κ2) is 5.43. The minimum absolute atomic E-state index is 0.0427. The molecule has 0 fully saturated rings. The first kappa shape index (κ1) is 13.6. The van der Waals surface area contributed by atoms with Crippen molar-refractivity contribution in [2.45, 2.75) is 0 Å². The molecule has 6 nitrogen and oxygen atoms in total. The standard InChI is InChI=1S/C13H12FN3O3/c1-20-12-7-8(14)5-6-10(12)16-11-4-2-3-9(15)13(11)17(18)19/h2-7,16H,15H2,1H3. The molecule has 0 amide bonds. The van der Waals surface area contributed by atoms with Crippen molar-refractivity contribution in [2.75, 3.05) is 18.2 Å². The van der Waals surface area contributed by atoms with E-state index in [-0.39, 0.29) is 22.8 Å². The van der Waals surface area contributed by atoms with Crippen molar-refractivity contribution in [3.63, 3.8) is 0 Å². The lowest BCUT2D eigenvalue weighted by Gasteiger charge is -2.12. The first-order chi connectivity index (χ1) is 9.52. The highest BCUT2D eigenvalue weighted by Crippen LogP contribution is 2.35. The molecule has 3 N–H and O–H groups in total. The number of benzene rings is 2. The minimum Gasteiger partial charge on any atom is -0.494 e. The van der Waals surface area contributed by atoms with Gasteiger partial charge in [-0.05, 0) is 24.3 Å². The van der Waals surface area contributed by atoms with Gasteiger partial charge in [0.05, 0.1) is 17.7 Å². The van der Waals surface area contributed by atoms with Gasteiger partial charge in [0.15, 0.2) is 0 Å². The van der Waals surface area contributed by atoms with Gasteiger partial charge in [-0.3, -0.25) is 10.1 Å². The van der Waals surface area contributed by atoms with E-state index in [9.17, 15) is 14.5 Å². The van der Waals surface area contributed by atoms with Gasteiger partial charge >= 0.3 is 5.69 Å². The number of nitrogens with zero attached hydrogens (tertiary/aromatic N) is 1. The van der Waals surface area contributed by atoms with Crippen LogP contribution in [0, 0.1) is 15.9 Å². The summed E-state index contributed by atoms with van der Waals surface area (Å²) in [7, 11) is 1.38. The molecule has 0 aliphatic rings. The molecule has 0 atom stereocenters. The highest BCUT2D eigenvalue weighted by Gasteiger charge is 2.18. The summed E-state index contributed by atoms with van der Waals surface area (Å²) in [6, 6.07) is 8.37. The number of nitro groups is 1. The van der Waals surface area contributed by atoms with E-state index in [0.29, 0.717) is 5.69 Å². The summed E-state index contributed by atoms with van der Waals surface area (Å²) >= 11 is 0. The lowest BCUT2D eigenvalue weighted by Crippen LogP contribution is -2.02. The summed E-state index contributed by atoms with van der Waals surface area (Å²) in [5, 5.41) is 13.9. The molecule has 0 aliphatic carbocycles. The Morgan fingerprint density at radius 3 is 2.70 bits per heavy atom. The summed E-state index contributed by atoms with van der Waals surface area (Å²) in [5.41, 5.74) is 6.02. The summed E-state index contributed by atoms with van der Waals surface area (Å²) < 4.78 is 18.1. The van der Waals surface area contributed by atoms with Crippen molar-refractivity contribution < 1.29 is 14.1 Å². The van der Waals surface area contributed by atoms with Crippen molar-refractivity contribution in [3.05, 3.63) is 52.3 Å². The fraction of sp³-hybridized carbons (Fsp3) is 0.0769. The molecule has 0 saturated heterocycles. The van der Waals surface area contributed by atoms with Gasteiger partial charge in [0, 0.05) is 6.07 Å². The second-order valence-electron chi connectivity index (χ2n) is 3.97. The first-order valence-electron chi connectivity index (χ1n) is 5.66. The van der Waals surface area contributed by atoms with E-state index in [2.05, 4.69) is 5.32 Å². The number of para-hydroxylation sites is 1. The van der Waals surface area contributed by atoms with Gasteiger partial charge in [0.2, 0.25) is 0 Å². The van der Waals surface area contributed by atoms with Gasteiger partial charge in [0.1, 0.15) is 22.9 Å². The molecule has 0 unspecified atom stereocenters. The molecule has 0 radical (unpaired) electrons. The average molecular weight is 277 g/mol. The Morgan fingerprint density at radius 2 is 2.05 bits per heavy atom. The molecule has 0 spiro atoms. The monoisotopic (exact) mass is 277 g/mol. The molecule has 20 heavy (non-hydrogen) atoms. The van der Waals surface area contributed by atoms with Crippen molar-refractivity contribution in [3.8, 4) is 5.75 Å². The van der Waals surface area contributed by atoms with Gasteiger partial charge in [-0.2, -0.15) is 0 Å². The van der Waals surface area contributed by atoms with Crippen LogP contribution in [0.15, 0.2) is 36.4 Å². The lowest BCUT2D eigenvalue weighted by molar-refractivity contribution is -0.383. The Labute approximate surface area is 114 Å². The number of nitrogens with two attached hydrogens (primary N) is 1. The van der Waals surface area contributed by atoms with E-state index in [1.165, 1.54) is 37.4 Å². The number of rotatable bonds is 4. The molecule has 0 saturated carbocycles. The summed E-state index contributed by atoms with van der Waals surface area (Å²) in [4.78, 5) is 10.5. The first-order valence-corrected chi connectivity index (χ1v) is 5.66. The fourth-order valence-electron chi connectivity index (χ4n) is 1.78. The van der Waals surface area contributed by atoms with Crippen LogP contribution in [0.25, 0.3) is 0 Å². The van der Waals surface area contributed by atoms with E-state index in [1.54, 1.807) is 6.07 Å². The van der Waals surface area contributed by atoms with Gasteiger partial charge in [-0.1, -0.05) is 6.07 Å². The number of halogens is 1. The molecular weight excluding hydrogens is 265 g/mol. The molecule has 0 bridgehead atoms. The number of nitrogen functional groups attached to an aromatic ring is 1. The number of ether oxygens (including phenoxy) is 1. The third-order valence-electron chi connectivity index (χ3n) is 2.68. The molecule has 2 rings (SSSR count). The molecule has 2 aromatic carbocycles. The number of nitro benzene ring substituents is 1. The third-order valence-corrected chi connectivity index (χ3v) is 2.68. The van der Waals surface area contributed by atoms with Crippen LogP contribution in [0.1, 0.15) is 0 Å². The number of methoxy groups -OCH3 is 1. The zero-order valence-corrected chi connectivity index (χ0v) is 10.6. The number of anilines is 3. The van der Waals surface area contributed by atoms with Crippen molar-refractivity contribution >= 4 is 22.7 Å². The lowest BCUT2D eigenvalue weighted by atomic mass is 10.2. The van der Waals surface area contributed by atoms with E-state index < -0.39 is 10.7 Å². The average Bonchev–Trinajstić information content (AvgIpc) is 2.40. The van der Waals surface area contributed by atoms with E-state index in [4.69, 9.17) is 10.5 Å². The van der Waals surface area contributed by atoms with Gasteiger partial charge in [-0.15, -0.1) is 0 Å². The SMILES string of the molecule is COc1cc(F)ccc1Nc1cccc(N)c1[N+](=O)[O-].